The van der Waals surface area contributed by atoms with Crippen LogP contribution in [0.3, 0.4) is 0 Å². The van der Waals surface area contributed by atoms with Crippen molar-refractivity contribution >= 4 is 22.8 Å². The molecular formula is C25H23N3O2. The summed E-state index contributed by atoms with van der Waals surface area (Å²) in [7, 11) is 0. The van der Waals surface area contributed by atoms with Gasteiger partial charge in [-0.05, 0) is 60.7 Å². The number of nitrogen functional groups attached to an aromatic ring is 3. The maximum absolute atomic E-state index is 12.0. The van der Waals surface area contributed by atoms with Gasteiger partial charge in [0.25, 0.3) is 0 Å². The van der Waals surface area contributed by atoms with Gasteiger partial charge >= 0.3 is 0 Å². The normalized spacial score (nSPS) is 9.87. The summed E-state index contributed by atoms with van der Waals surface area (Å²) in [6, 6.07) is 30.8. The van der Waals surface area contributed by atoms with E-state index in [0.717, 1.165) is 17.2 Å². The van der Waals surface area contributed by atoms with Gasteiger partial charge in [-0.15, -0.1) is 0 Å². The molecule has 5 nitrogen and oxygen atoms in total. The van der Waals surface area contributed by atoms with Crippen molar-refractivity contribution in [2.24, 2.45) is 0 Å². The van der Waals surface area contributed by atoms with Crippen molar-refractivity contribution in [2.75, 3.05) is 17.2 Å². The quantitative estimate of drug-likeness (QED) is 0.326. The fourth-order valence-electron chi connectivity index (χ4n) is 2.69. The van der Waals surface area contributed by atoms with E-state index in [0.29, 0.717) is 22.5 Å². The molecule has 4 aromatic rings. The topological polar surface area (TPSA) is 104 Å². The second-order valence-electron chi connectivity index (χ2n) is 6.56. The maximum atomic E-state index is 12.0. The zero-order valence-corrected chi connectivity index (χ0v) is 16.4. The van der Waals surface area contributed by atoms with Crippen LogP contribution in [0.25, 0.3) is 0 Å². The molecule has 0 unspecified atom stereocenters. The van der Waals surface area contributed by atoms with E-state index < -0.39 is 0 Å². The van der Waals surface area contributed by atoms with E-state index in [1.54, 1.807) is 48.5 Å². The summed E-state index contributed by atoms with van der Waals surface area (Å²) in [5.74, 6) is 1.56. The second kappa shape index (κ2) is 9.80. The van der Waals surface area contributed by atoms with Crippen LogP contribution in [0, 0.1) is 0 Å². The Kier molecular flexibility index (Phi) is 6.69. The first-order chi connectivity index (χ1) is 14.5. The second-order valence-corrected chi connectivity index (χ2v) is 6.56. The lowest BCUT2D eigenvalue weighted by molar-refractivity contribution is 0.103. The van der Waals surface area contributed by atoms with Gasteiger partial charge in [-0.2, -0.15) is 0 Å². The van der Waals surface area contributed by atoms with Gasteiger partial charge < -0.3 is 21.9 Å². The third kappa shape index (κ3) is 5.87. The van der Waals surface area contributed by atoms with E-state index in [4.69, 9.17) is 21.9 Å². The molecule has 0 fully saturated rings. The number of ether oxygens (including phenoxy) is 1. The predicted octanol–water partition coefficient (Wildman–Crippen LogP) is 5.14. The Labute approximate surface area is 175 Å². The molecule has 0 radical (unpaired) electrons. The summed E-state index contributed by atoms with van der Waals surface area (Å²) in [5, 5.41) is 0. The number of ketones is 1. The lowest BCUT2D eigenvalue weighted by Gasteiger charge is -2.04. The van der Waals surface area contributed by atoms with Crippen LogP contribution in [-0.4, -0.2) is 5.78 Å². The number of carbonyl (C=O) groups is 1. The molecule has 5 heteroatoms. The number of para-hydroxylation sites is 1. The molecule has 0 aromatic heterocycles. The summed E-state index contributed by atoms with van der Waals surface area (Å²) in [5.41, 5.74) is 19.9. The zero-order valence-electron chi connectivity index (χ0n) is 16.4. The van der Waals surface area contributed by atoms with Crippen molar-refractivity contribution in [1.29, 1.82) is 0 Å². The van der Waals surface area contributed by atoms with Gasteiger partial charge in [-0.3, -0.25) is 4.79 Å². The highest BCUT2D eigenvalue weighted by atomic mass is 16.5. The molecule has 0 saturated carbocycles. The molecule has 4 rings (SSSR count). The predicted molar refractivity (Wildman–Crippen MR) is 123 cm³/mol. The molecule has 4 aromatic carbocycles. The number of hydrogen-bond donors (Lipinski definition) is 3. The Morgan fingerprint density at radius 2 is 1.03 bits per heavy atom. The highest BCUT2D eigenvalue weighted by Gasteiger charge is 2.08. The van der Waals surface area contributed by atoms with Gasteiger partial charge in [-0.25, -0.2) is 0 Å². The van der Waals surface area contributed by atoms with E-state index in [-0.39, 0.29) is 5.78 Å². The number of rotatable bonds is 4. The van der Waals surface area contributed by atoms with E-state index in [1.807, 2.05) is 54.6 Å². The van der Waals surface area contributed by atoms with Crippen molar-refractivity contribution < 1.29 is 9.53 Å². The largest absolute Gasteiger partial charge is 0.457 e. The smallest absolute Gasteiger partial charge is 0.193 e. The van der Waals surface area contributed by atoms with Crippen molar-refractivity contribution in [1.82, 2.24) is 0 Å². The van der Waals surface area contributed by atoms with E-state index in [9.17, 15) is 4.79 Å². The number of anilines is 3. The Morgan fingerprint density at radius 1 is 0.533 bits per heavy atom. The summed E-state index contributed by atoms with van der Waals surface area (Å²) < 4.78 is 5.58. The Morgan fingerprint density at radius 3 is 1.53 bits per heavy atom. The van der Waals surface area contributed by atoms with E-state index in [2.05, 4.69) is 0 Å². The molecular weight excluding hydrogens is 374 g/mol. The van der Waals surface area contributed by atoms with Gasteiger partial charge in [-0.1, -0.05) is 42.5 Å². The van der Waals surface area contributed by atoms with Crippen molar-refractivity contribution in [3.8, 4) is 11.5 Å². The van der Waals surface area contributed by atoms with Crippen LogP contribution in [0.5, 0.6) is 11.5 Å². The third-order valence-electron chi connectivity index (χ3n) is 4.16. The maximum Gasteiger partial charge on any atom is 0.193 e. The molecule has 0 amide bonds. The molecule has 6 N–H and O–H groups in total. The molecule has 0 heterocycles. The summed E-state index contributed by atoms with van der Waals surface area (Å²) in [6.07, 6.45) is 0. The van der Waals surface area contributed by atoms with Gasteiger partial charge in [0, 0.05) is 28.2 Å². The zero-order chi connectivity index (χ0) is 21.3. The summed E-state index contributed by atoms with van der Waals surface area (Å²) in [6.45, 7) is 0. The average Bonchev–Trinajstić information content (AvgIpc) is 2.76. The first-order valence-corrected chi connectivity index (χ1v) is 9.35. The van der Waals surface area contributed by atoms with Gasteiger partial charge in [0.1, 0.15) is 11.5 Å². The fourth-order valence-corrected chi connectivity index (χ4v) is 2.69. The number of nitrogens with two attached hydrogens (primary N) is 3. The molecule has 150 valence electrons. The molecule has 0 aliphatic heterocycles. The van der Waals surface area contributed by atoms with Crippen LogP contribution in [0.2, 0.25) is 0 Å². The highest BCUT2D eigenvalue weighted by Crippen LogP contribution is 2.21. The van der Waals surface area contributed by atoms with Crippen LogP contribution < -0.4 is 21.9 Å². The first-order valence-electron chi connectivity index (χ1n) is 9.35. The van der Waals surface area contributed by atoms with Crippen LogP contribution in [0.4, 0.5) is 17.1 Å². The van der Waals surface area contributed by atoms with Crippen LogP contribution in [-0.2, 0) is 0 Å². The van der Waals surface area contributed by atoms with Crippen LogP contribution in [0.15, 0.2) is 103 Å². The van der Waals surface area contributed by atoms with Crippen LogP contribution in [0.1, 0.15) is 15.9 Å². The summed E-state index contributed by atoms with van der Waals surface area (Å²) >= 11 is 0. The number of hydrogen-bond acceptors (Lipinski definition) is 5. The Balaban J connectivity index is 0.000000172. The van der Waals surface area contributed by atoms with E-state index in [1.165, 1.54) is 0 Å². The Bertz CT molecular complexity index is 1060. The lowest BCUT2D eigenvalue weighted by Crippen LogP contribution is -2.02. The fraction of sp³-hybridized carbons (Fsp3) is 0. The molecule has 30 heavy (non-hydrogen) atoms. The average molecular weight is 397 g/mol. The molecule has 0 saturated heterocycles. The highest BCUT2D eigenvalue weighted by molar-refractivity contribution is 6.09. The molecule has 0 aliphatic rings. The van der Waals surface area contributed by atoms with Gasteiger partial charge in [0.2, 0.25) is 0 Å². The lowest BCUT2D eigenvalue weighted by atomic mass is 10.0. The minimum Gasteiger partial charge on any atom is -0.457 e. The molecule has 0 spiro atoms. The monoisotopic (exact) mass is 397 g/mol. The standard InChI is InChI=1S/C13H12N2O.C12H11NO/c14-11-5-1-3-9(7-11)13(16)10-4-2-6-12(15)8-10;13-10-6-8-12(9-7-10)14-11-4-2-1-3-5-11/h1-8H,14-15H2;1-9H,13H2. The van der Waals surface area contributed by atoms with Crippen molar-refractivity contribution in [3.05, 3.63) is 114 Å². The SMILES string of the molecule is Nc1ccc(Oc2ccccc2)cc1.Nc1cccc(C(=O)c2cccc(N)c2)c1. The van der Waals surface area contributed by atoms with Crippen molar-refractivity contribution in [3.63, 3.8) is 0 Å². The van der Waals surface area contributed by atoms with E-state index >= 15 is 0 Å². The third-order valence-corrected chi connectivity index (χ3v) is 4.16. The molecule has 0 atom stereocenters. The van der Waals surface area contributed by atoms with Crippen LogP contribution >= 0.6 is 0 Å². The number of carbonyl (C=O) groups excluding carboxylic acids is 1. The minimum atomic E-state index is -0.0698. The molecule has 0 bridgehead atoms. The van der Waals surface area contributed by atoms with Crippen molar-refractivity contribution in [2.45, 2.75) is 0 Å². The Hall–Kier alpha value is -4.25. The van der Waals surface area contributed by atoms with Gasteiger partial charge in [0.15, 0.2) is 5.78 Å². The number of benzene rings is 4. The van der Waals surface area contributed by atoms with Gasteiger partial charge in [0.05, 0.1) is 0 Å². The summed E-state index contributed by atoms with van der Waals surface area (Å²) in [4.78, 5) is 12.0. The first kappa shape index (κ1) is 20.5. The molecule has 0 aliphatic carbocycles. The minimum absolute atomic E-state index is 0.0698.